The largest absolute Gasteiger partial charge is 0.309 e. The molecule has 0 saturated heterocycles. The summed E-state index contributed by atoms with van der Waals surface area (Å²) in [6.45, 7) is 0. The van der Waals surface area contributed by atoms with Gasteiger partial charge in [0.05, 0.1) is 16.4 Å². The van der Waals surface area contributed by atoms with Crippen molar-refractivity contribution in [3.05, 3.63) is 247 Å². The summed E-state index contributed by atoms with van der Waals surface area (Å²) in [6, 6.07) is 84.7. The summed E-state index contributed by atoms with van der Waals surface area (Å²) in [7, 11) is -2.79. The second-order valence-corrected chi connectivity index (χ2v) is 20.4. The molecule has 0 aliphatic carbocycles. The van der Waals surface area contributed by atoms with Crippen LogP contribution in [0.5, 0.6) is 0 Å². The lowest BCUT2D eigenvalue weighted by Crippen LogP contribution is -2.79. The molecule has 10 aromatic rings. The molecule has 58 heavy (non-hydrogen) atoms. The molecule has 12 rings (SSSR count). The average molecular weight is 772 g/mol. The molecule has 2 aliphatic heterocycles. The van der Waals surface area contributed by atoms with Crippen molar-refractivity contribution in [2.75, 3.05) is 0 Å². The van der Waals surface area contributed by atoms with E-state index in [1.54, 1.807) is 0 Å². The van der Waals surface area contributed by atoms with Crippen LogP contribution in [0.25, 0.3) is 38.6 Å². The third-order valence-corrected chi connectivity index (χ3v) is 18.9. The van der Waals surface area contributed by atoms with E-state index in [1.165, 1.54) is 91.4 Å². The zero-order valence-corrected chi connectivity index (χ0v) is 33.5. The minimum Gasteiger partial charge on any atom is -0.309 e. The summed E-state index contributed by atoms with van der Waals surface area (Å²) in [6.07, 6.45) is 0. The Bertz CT molecular complexity index is 3060. The summed E-state index contributed by atoms with van der Waals surface area (Å²) >= 11 is 1.91. The maximum atomic E-state index is 2.51. The van der Waals surface area contributed by atoms with Gasteiger partial charge in [-0.05, 0) is 96.6 Å². The standard InChI is InChI=1S/C55H37NSSi/c1-3-17-41(18-4-1)58(42-19-5-2-6-20-42)53-29-15-10-24-46(53)55(47-25-11-16-30-54(47)58)45-23-9-14-28-51(45)57-52-36-33-39(37-48(52)55)38-31-34-40(35-32-38)56-49-26-12-7-21-43(49)44-22-8-13-27-50(44)56/h1-37H. The van der Waals surface area contributed by atoms with E-state index >= 15 is 0 Å². The van der Waals surface area contributed by atoms with E-state index in [1.807, 2.05) is 11.8 Å². The SMILES string of the molecule is c1ccc([Si]2(c3ccccc3)c3ccccc3C3(c4ccccc4Sc4ccc(-c5ccc(-n6c7ccccc7c7ccccc76)cc5)cc43)c3ccccc32)cc1. The van der Waals surface area contributed by atoms with Crippen molar-refractivity contribution in [2.45, 2.75) is 15.2 Å². The molecule has 1 spiro atoms. The molecular formula is C55H37NSSi. The number of fused-ring (bicyclic) bond motifs is 11. The number of hydrogen-bond donors (Lipinski definition) is 0. The van der Waals surface area contributed by atoms with Gasteiger partial charge in [0.15, 0.2) is 8.07 Å². The molecule has 3 heterocycles. The highest BCUT2D eigenvalue weighted by molar-refractivity contribution is 7.99. The number of hydrogen-bond acceptors (Lipinski definition) is 1. The van der Waals surface area contributed by atoms with Gasteiger partial charge >= 0.3 is 0 Å². The van der Waals surface area contributed by atoms with Crippen LogP contribution in [0.4, 0.5) is 0 Å². The fraction of sp³-hybridized carbons (Fsp3) is 0.0182. The van der Waals surface area contributed by atoms with E-state index in [0.717, 1.165) is 0 Å². The topological polar surface area (TPSA) is 4.93 Å². The van der Waals surface area contributed by atoms with Crippen molar-refractivity contribution in [1.82, 2.24) is 4.57 Å². The molecule has 272 valence electrons. The van der Waals surface area contributed by atoms with Crippen LogP contribution in [0.15, 0.2) is 234 Å². The Balaban J connectivity index is 1.11. The Hall–Kier alpha value is -6.65. The zero-order chi connectivity index (χ0) is 38.3. The zero-order valence-electron chi connectivity index (χ0n) is 31.7. The molecule has 0 saturated carbocycles. The second-order valence-electron chi connectivity index (χ2n) is 15.5. The fourth-order valence-electron chi connectivity index (χ4n) is 10.5. The quantitative estimate of drug-likeness (QED) is 0.161. The summed E-state index contributed by atoms with van der Waals surface area (Å²) < 4.78 is 2.40. The first-order valence-electron chi connectivity index (χ1n) is 20.1. The average Bonchev–Trinajstić information content (AvgIpc) is 3.64. The van der Waals surface area contributed by atoms with Crippen molar-refractivity contribution >= 4 is 62.4 Å². The number of nitrogens with zero attached hydrogens (tertiary/aromatic N) is 1. The maximum Gasteiger partial charge on any atom is 0.180 e. The number of para-hydroxylation sites is 2. The second kappa shape index (κ2) is 12.9. The van der Waals surface area contributed by atoms with Crippen molar-refractivity contribution in [3.8, 4) is 16.8 Å². The van der Waals surface area contributed by atoms with Crippen LogP contribution in [-0.2, 0) is 5.41 Å². The van der Waals surface area contributed by atoms with E-state index in [-0.39, 0.29) is 0 Å². The maximum absolute atomic E-state index is 2.79. The molecular weight excluding hydrogens is 735 g/mol. The van der Waals surface area contributed by atoms with E-state index in [4.69, 9.17) is 0 Å². The van der Waals surface area contributed by atoms with Gasteiger partial charge in [-0.1, -0.05) is 194 Å². The highest BCUT2D eigenvalue weighted by Crippen LogP contribution is 2.57. The first kappa shape index (κ1) is 33.5. The first-order valence-corrected chi connectivity index (χ1v) is 22.9. The minimum absolute atomic E-state index is 0.524. The Labute approximate surface area is 343 Å². The van der Waals surface area contributed by atoms with Crippen LogP contribution in [-0.4, -0.2) is 12.6 Å². The Kier molecular flexibility index (Phi) is 7.47. The van der Waals surface area contributed by atoms with Gasteiger partial charge in [-0.2, -0.15) is 0 Å². The van der Waals surface area contributed by atoms with Crippen molar-refractivity contribution < 1.29 is 0 Å². The summed E-state index contributed by atoms with van der Waals surface area (Å²) in [4.78, 5) is 2.62. The molecule has 0 unspecified atom stereocenters. The van der Waals surface area contributed by atoms with Gasteiger partial charge in [0.2, 0.25) is 0 Å². The van der Waals surface area contributed by atoms with Gasteiger partial charge in [0.25, 0.3) is 0 Å². The third kappa shape index (κ3) is 4.54. The van der Waals surface area contributed by atoms with E-state index < -0.39 is 13.5 Å². The predicted molar refractivity (Wildman–Crippen MR) is 246 cm³/mol. The molecule has 2 aliphatic rings. The van der Waals surface area contributed by atoms with Gasteiger partial charge in [0.1, 0.15) is 0 Å². The summed E-state index contributed by atoms with van der Waals surface area (Å²) in [5.74, 6) is 0. The minimum atomic E-state index is -2.79. The lowest BCUT2D eigenvalue weighted by atomic mass is 9.64. The summed E-state index contributed by atoms with van der Waals surface area (Å²) in [5.41, 5.74) is 11.0. The molecule has 0 bridgehead atoms. The number of aromatic nitrogens is 1. The first-order chi connectivity index (χ1) is 28.8. The van der Waals surface area contributed by atoms with Gasteiger partial charge in [-0.15, -0.1) is 0 Å². The van der Waals surface area contributed by atoms with Crippen LogP contribution in [0, 0.1) is 0 Å². The van der Waals surface area contributed by atoms with Gasteiger partial charge in [-0.25, -0.2) is 0 Å². The highest BCUT2D eigenvalue weighted by atomic mass is 32.2. The third-order valence-electron chi connectivity index (χ3n) is 12.8. The van der Waals surface area contributed by atoms with Crippen LogP contribution in [0.2, 0.25) is 0 Å². The highest BCUT2D eigenvalue weighted by Gasteiger charge is 2.56. The Morgan fingerprint density at radius 1 is 0.362 bits per heavy atom. The van der Waals surface area contributed by atoms with Crippen molar-refractivity contribution in [1.29, 1.82) is 0 Å². The lowest BCUT2D eigenvalue weighted by molar-refractivity contribution is 0.707. The van der Waals surface area contributed by atoms with Gasteiger partial charge in [0, 0.05) is 26.3 Å². The fourth-order valence-corrected chi connectivity index (χ4v) is 17.0. The Morgan fingerprint density at radius 2 is 0.828 bits per heavy atom. The molecule has 0 fully saturated rings. The normalized spacial score (nSPS) is 14.4. The summed E-state index contributed by atoms with van der Waals surface area (Å²) in [5, 5.41) is 8.29. The molecule has 3 heteroatoms. The predicted octanol–water partition coefficient (Wildman–Crippen LogP) is 11.0. The van der Waals surface area contributed by atoms with Crippen LogP contribution >= 0.6 is 11.8 Å². The molecule has 1 nitrogen and oxygen atoms in total. The van der Waals surface area contributed by atoms with Crippen molar-refractivity contribution in [3.63, 3.8) is 0 Å². The van der Waals surface area contributed by atoms with Gasteiger partial charge < -0.3 is 4.57 Å². The van der Waals surface area contributed by atoms with Crippen LogP contribution in [0.1, 0.15) is 22.3 Å². The lowest BCUT2D eigenvalue weighted by Gasteiger charge is -2.51. The molecule has 1 aromatic heterocycles. The molecule has 0 radical (unpaired) electrons. The molecule has 0 atom stereocenters. The number of rotatable bonds is 4. The van der Waals surface area contributed by atoms with Crippen molar-refractivity contribution in [2.24, 2.45) is 0 Å². The molecule has 0 amide bonds. The Morgan fingerprint density at radius 3 is 1.43 bits per heavy atom. The van der Waals surface area contributed by atoms with E-state index in [0.29, 0.717) is 0 Å². The monoisotopic (exact) mass is 771 g/mol. The number of benzene rings is 9. The van der Waals surface area contributed by atoms with Crippen LogP contribution in [0.3, 0.4) is 0 Å². The van der Waals surface area contributed by atoms with Gasteiger partial charge in [-0.3, -0.25) is 0 Å². The smallest absolute Gasteiger partial charge is 0.180 e. The molecule has 0 N–H and O–H groups in total. The van der Waals surface area contributed by atoms with Crippen LogP contribution < -0.4 is 20.7 Å². The van der Waals surface area contributed by atoms with E-state index in [9.17, 15) is 0 Å². The molecule has 9 aromatic carbocycles. The van der Waals surface area contributed by atoms with E-state index in [2.05, 4.69) is 229 Å².